The second-order valence-corrected chi connectivity index (χ2v) is 10.7. The molecular weight excluding hydrogens is 541 g/mol. The molecule has 0 saturated carbocycles. The Kier molecular flexibility index (Phi) is 8.66. The molecule has 2 atom stereocenters. The zero-order valence-corrected chi connectivity index (χ0v) is 22.2. The first-order valence-corrected chi connectivity index (χ1v) is 13.8. The smallest absolute Gasteiger partial charge is 0.326 e. The van der Waals surface area contributed by atoms with Crippen molar-refractivity contribution >= 4 is 63.3 Å². The van der Waals surface area contributed by atoms with Crippen LogP contribution in [0, 0.1) is 0 Å². The van der Waals surface area contributed by atoms with Crippen molar-refractivity contribution in [3.63, 3.8) is 0 Å². The topological polar surface area (TPSA) is 135 Å². The highest BCUT2D eigenvalue weighted by Gasteiger charge is 2.29. The van der Waals surface area contributed by atoms with Crippen LogP contribution >= 0.6 is 23.2 Å². The van der Waals surface area contributed by atoms with Crippen LogP contribution in [-0.2, 0) is 29.1 Å². The molecule has 1 aliphatic heterocycles. The zero-order valence-electron chi connectivity index (χ0n) is 19.9. The summed E-state index contributed by atoms with van der Waals surface area (Å²) in [5.74, 6) is -2.05. The summed E-state index contributed by atoms with van der Waals surface area (Å²) in [5.41, 5.74) is 2.55. The molecular formula is C25H25Cl2N3O6S. The second-order valence-electron chi connectivity index (χ2n) is 8.69. The third kappa shape index (κ3) is 6.22. The Morgan fingerprint density at radius 2 is 2.03 bits per heavy atom. The summed E-state index contributed by atoms with van der Waals surface area (Å²) in [6.07, 6.45) is 3.97. The molecule has 9 nitrogen and oxygen atoms in total. The van der Waals surface area contributed by atoms with Crippen LogP contribution in [0.1, 0.15) is 44.7 Å². The largest absolute Gasteiger partial charge is 0.598 e. The summed E-state index contributed by atoms with van der Waals surface area (Å²) >= 11 is 11.8. The minimum atomic E-state index is -1.21. The highest BCUT2D eigenvalue weighted by molar-refractivity contribution is 7.88. The minimum absolute atomic E-state index is 0.00386. The number of carboxylic acid groups (broad SMARTS) is 1. The van der Waals surface area contributed by atoms with Gasteiger partial charge in [-0.25, -0.2) is 4.79 Å². The predicted octanol–water partition coefficient (Wildman–Crippen LogP) is 3.78. The van der Waals surface area contributed by atoms with Gasteiger partial charge in [0.15, 0.2) is 0 Å². The van der Waals surface area contributed by atoms with Gasteiger partial charge in [-0.1, -0.05) is 29.3 Å². The molecule has 3 N–H and O–H groups in total. The number of rotatable bonds is 9. The lowest BCUT2D eigenvalue weighted by molar-refractivity contribution is -0.139. The van der Waals surface area contributed by atoms with E-state index in [0.29, 0.717) is 42.6 Å². The van der Waals surface area contributed by atoms with Crippen molar-refractivity contribution in [2.24, 2.45) is 0 Å². The monoisotopic (exact) mass is 565 g/mol. The maximum absolute atomic E-state index is 13.1. The molecule has 2 heterocycles. The molecule has 0 spiro atoms. The van der Waals surface area contributed by atoms with Crippen LogP contribution in [0.2, 0.25) is 10.0 Å². The lowest BCUT2D eigenvalue weighted by Crippen LogP contribution is -2.42. The summed E-state index contributed by atoms with van der Waals surface area (Å²) in [5, 5.41) is 13.1. The molecule has 1 aromatic heterocycles. The highest BCUT2D eigenvalue weighted by Crippen LogP contribution is 2.35. The molecule has 0 bridgehead atoms. The first kappa shape index (κ1) is 27.3. The SMILES string of the molecule is C[S+]([O-])NCCCC(NC(=O)c1c(Cl)cc2c(c1Cl)CCN(C(=O)c1ccc3ccoc3c1)C2)C(=O)O. The zero-order chi connectivity index (χ0) is 26.7. The van der Waals surface area contributed by atoms with Gasteiger partial charge in [-0.2, -0.15) is 0 Å². The number of carbonyl (C=O) groups excluding carboxylic acids is 2. The van der Waals surface area contributed by atoms with E-state index in [2.05, 4.69) is 10.0 Å². The first-order valence-electron chi connectivity index (χ1n) is 11.5. The number of fused-ring (bicyclic) bond motifs is 2. The van der Waals surface area contributed by atoms with E-state index in [1.54, 1.807) is 29.4 Å². The number of halogens is 2. The van der Waals surface area contributed by atoms with E-state index >= 15 is 0 Å². The van der Waals surface area contributed by atoms with Gasteiger partial charge in [0.2, 0.25) is 0 Å². The van der Waals surface area contributed by atoms with Gasteiger partial charge in [0.1, 0.15) is 17.9 Å². The van der Waals surface area contributed by atoms with E-state index in [4.69, 9.17) is 27.6 Å². The van der Waals surface area contributed by atoms with E-state index in [1.807, 2.05) is 12.1 Å². The summed E-state index contributed by atoms with van der Waals surface area (Å²) in [7, 11) is 0. The van der Waals surface area contributed by atoms with Gasteiger partial charge in [0, 0.05) is 41.9 Å². The van der Waals surface area contributed by atoms with Gasteiger partial charge < -0.3 is 24.3 Å². The van der Waals surface area contributed by atoms with Crippen molar-refractivity contribution in [1.29, 1.82) is 0 Å². The maximum Gasteiger partial charge on any atom is 0.326 e. The van der Waals surface area contributed by atoms with Gasteiger partial charge in [0.05, 0.1) is 21.9 Å². The van der Waals surface area contributed by atoms with Crippen molar-refractivity contribution in [3.05, 3.63) is 68.9 Å². The predicted molar refractivity (Wildman–Crippen MR) is 141 cm³/mol. The van der Waals surface area contributed by atoms with Crippen LogP contribution in [0.3, 0.4) is 0 Å². The van der Waals surface area contributed by atoms with Gasteiger partial charge in [-0.05, 0) is 54.7 Å². The number of hydrogen-bond acceptors (Lipinski definition) is 6. The van der Waals surface area contributed by atoms with Crippen LogP contribution in [-0.4, -0.2) is 57.7 Å². The highest BCUT2D eigenvalue weighted by atomic mass is 35.5. The number of benzene rings is 2. The second kappa shape index (κ2) is 11.7. The number of furan rings is 1. The first-order chi connectivity index (χ1) is 17.7. The maximum atomic E-state index is 13.1. The molecule has 3 aromatic rings. The van der Waals surface area contributed by atoms with Crippen molar-refractivity contribution in [2.45, 2.75) is 31.8 Å². The van der Waals surface area contributed by atoms with Gasteiger partial charge in [-0.3, -0.25) is 9.59 Å². The molecule has 2 amide bonds. The number of nitrogens with one attached hydrogen (secondary N) is 2. The van der Waals surface area contributed by atoms with Crippen LogP contribution in [0.4, 0.5) is 0 Å². The Bertz CT molecular complexity index is 1350. The van der Waals surface area contributed by atoms with Crippen LogP contribution in [0.5, 0.6) is 0 Å². The average Bonchev–Trinajstić information content (AvgIpc) is 3.32. The van der Waals surface area contributed by atoms with Crippen molar-refractivity contribution < 1.29 is 28.5 Å². The number of carbonyl (C=O) groups is 3. The number of nitrogens with zero attached hydrogens (tertiary/aromatic N) is 1. The fourth-order valence-corrected chi connectivity index (χ4v) is 5.51. The van der Waals surface area contributed by atoms with E-state index in [9.17, 15) is 24.0 Å². The average molecular weight is 566 g/mol. The van der Waals surface area contributed by atoms with Crippen LogP contribution in [0.25, 0.3) is 11.0 Å². The number of carboxylic acids is 1. The molecule has 37 heavy (non-hydrogen) atoms. The normalized spacial score (nSPS) is 14.8. The Labute approximate surface area is 226 Å². The molecule has 12 heteroatoms. The van der Waals surface area contributed by atoms with E-state index in [0.717, 1.165) is 10.9 Å². The Hall–Kier alpha value is -2.76. The Morgan fingerprint density at radius 1 is 1.24 bits per heavy atom. The summed E-state index contributed by atoms with van der Waals surface area (Å²) in [6.45, 7) is 0.983. The lowest BCUT2D eigenvalue weighted by Gasteiger charge is -2.30. The van der Waals surface area contributed by atoms with E-state index < -0.39 is 29.3 Å². The van der Waals surface area contributed by atoms with E-state index in [1.165, 1.54) is 6.26 Å². The van der Waals surface area contributed by atoms with Gasteiger partial charge in [0.25, 0.3) is 11.8 Å². The van der Waals surface area contributed by atoms with Crippen LogP contribution in [0.15, 0.2) is 41.0 Å². The molecule has 0 aliphatic carbocycles. The van der Waals surface area contributed by atoms with E-state index in [-0.39, 0.29) is 34.5 Å². The Balaban J connectivity index is 1.48. The molecule has 2 aromatic carbocycles. The summed E-state index contributed by atoms with van der Waals surface area (Å²) in [4.78, 5) is 39.5. The minimum Gasteiger partial charge on any atom is -0.598 e. The molecule has 0 fully saturated rings. The molecule has 0 saturated heterocycles. The van der Waals surface area contributed by atoms with Gasteiger partial charge >= 0.3 is 5.97 Å². The van der Waals surface area contributed by atoms with Gasteiger partial charge in [-0.15, -0.1) is 4.72 Å². The third-order valence-electron chi connectivity index (χ3n) is 6.20. The van der Waals surface area contributed by atoms with Crippen molar-refractivity contribution in [1.82, 2.24) is 14.9 Å². The quantitative estimate of drug-likeness (QED) is 0.265. The summed E-state index contributed by atoms with van der Waals surface area (Å²) in [6, 6.07) is 7.54. The lowest BCUT2D eigenvalue weighted by atomic mass is 9.95. The molecule has 4 rings (SSSR count). The summed E-state index contributed by atoms with van der Waals surface area (Å²) < 4.78 is 19.2. The standard InChI is InChI=1S/C25H25Cl2N3O6S/c1-37(35)28-8-2-3-19(25(33)34)29-23(31)21-18(26)11-16-13-30(9-6-17(16)22(21)27)24(32)15-5-4-14-7-10-36-20(14)12-15/h4-5,7,10-12,19,28H,2-3,6,8-9,13H2,1H3,(H,29,31)(H,33,34). The van der Waals surface area contributed by atoms with Crippen LogP contribution < -0.4 is 10.0 Å². The fourth-order valence-electron chi connectivity index (χ4n) is 4.31. The number of hydrogen-bond donors (Lipinski definition) is 3. The van der Waals surface area contributed by atoms with Crippen molar-refractivity contribution in [3.8, 4) is 0 Å². The molecule has 2 unspecified atom stereocenters. The molecule has 1 aliphatic rings. The number of amides is 2. The third-order valence-corrected chi connectivity index (χ3v) is 7.53. The Morgan fingerprint density at radius 3 is 2.76 bits per heavy atom. The molecule has 0 radical (unpaired) electrons. The van der Waals surface area contributed by atoms with Crippen molar-refractivity contribution in [2.75, 3.05) is 19.3 Å². The molecule has 196 valence electrons. The fraction of sp³-hybridized carbons (Fsp3) is 0.320. The number of aliphatic carboxylic acids is 1.